The predicted octanol–water partition coefficient (Wildman–Crippen LogP) is 3.20. The lowest BCUT2D eigenvalue weighted by molar-refractivity contribution is 0.388. The van der Waals surface area contributed by atoms with Gasteiger partial charge in [-0.15, -0.1) is 0 Å². The smallest absolute Gasteiger partial charge is 0.242 e. The maximum Gasteiger partial charge on any atom is 0.242 e. The van der Waals surface area contributed by atoms with Gasteiger partial charge in [-0.1, -0.05) is 34.6 Å². The highest BCUT2D eigenvalue weighted by atomic mass is 28.4. The van der Waals surface area contributed by atoms with E-state index in [2.05, 4.69) is 27.7 Å². The lowest BCUT2D eigenvalue weighted by Crippen LogP contribution is -2.38. The summed E-state index contributed by atoms with van der Waals surface area (Å²) in [6.07, 6.45) is 0. The van der Waals surface area contributed by atoms with Crippen LogP contribution in [0.4, 0.5) is 0 Å². The first kappa shape index (κ1) is 10.2. The molecule has 0 amide bonds. The van der Waals surface area contributed by atoms with Crippen molar-refractivity contribution < 1.29 is 4.80 Å². The second-order valence-corrected chi connectivity index (χ2v) is 8.54. The van der Waals surface area contributed by atoms with Gasteiger partial charge >= 0.3 is 0 Å². The van der Waals surface area contributed by atoms with Gasteiger partial charge in [0.15, 0.2) is 0 Å². The first-order valence-corrected chi connectivity index (χ1v) is 6.42. The summed E-state index contributed by atoms with van der Waals surface area (Å²) < 4.78 is 0. The molecule has 0 aliphatic carbocycles. The fourth-order valence-electron chi connectivity index (χ4n) is 1.48. The van der Waals surface area contributed by atoms with Gasteiger partial charge in [0.25, 0.3) is 0 Å². The minimum Gasteiger partial charge on any atom is -0.297 e. The number of hydrogen-bond donors (Lipinski definition) is 0. The Labute approximate surface area is 65.6 Å². The van der Waals surface area contributed by atoms with Crippen molar-refractivity contribution in [2.45, 2.75) is 51.7 Å². The summed E-state index contributed by atoms with van der Waals surface area (Å²) in [7, 11) is -2.13. The molecular formula is C8H19OSi. The molecule has 10 heavy (non-hydrogen) atoms. The molecular weight excluding hydrogens is 140 g/mol. The zero-order chi connectivity index (χ0) is 8.36. The van der Waals surface area contributed by atoms with Crippen molar-refractivity contribution in [2.75, 3.05) is 0 Å². The van der Waals surface area contributed by atoms with Crippen LogP contribution in [0.15, 0.2) is 0 Å². The molecule has 0 bridgehead atoms. The van der Waals surface area contributed by atoms with Crippen LogP contribution >= 0.6 is 0 Å². The van der Waals surface area contributed by atoms with Crippen LogP contribution in [0.2, 0.25) is 17.1 Å². The van der Waals surface area contributed by atoms with Gasteiger partial charge in [-0.05, 0) is 17.1 Å². The molecule has 0 spiro atoms. The van der Waals surface area contributed by atoms with Gasteiger partial charge in [-0.3, -0.25) is 4.80 Å². The van der Waals surface area contributed by atoms with E-state index in [1.807, 2.05) is 6.92 Å². The molecule has 0 N–H and O–H groups in total. The van der Waals surface area contributed by atoms with E-state index in [-0.39, 0.29) is 0 Å². The van der Waals surface area contributed by atoms with Gasteiger partial charge in [-0.2, -0.15) is 0 Å². The second-order valence-electron chi connectivity index (χ2n) is 3.62. The van der Waals surface area contributed by atoms with Crippen LogP contribution in [-0.4, -0.2) is 8.32 Å². The first-order chi connectivity index (χ1) is 4.45. The first-order valence-electron chi connectivity index (χ1n) is 4.15. The second kappa shape index (κ2) is 3.53. The molecule has 0 fully saturated rings. The van der Waals surface area contributed by atoms with Crippen LogP contribution in [0.3, 0.4) is 0 Å². The van der Waals surface area contributed by atoms with Crippen LogP contribution in [0.1, 0.15) is 34.6 Å². The minimum atomic E-state index is -2.13. The molecule has 0 saturated heterocycles. The molecule has 0 saturated carbocycles. The molecule has 0 aliphatic heterocycles. The molecule has 0 rings (SSSR count). The zero-order valence-electron chi connectivity index (χ0n) is 7.77. The average molecular weight is 159 g/mol. The lowest BCUT2D eigenvalue weighted by atomic mass is 10.5. The quantitative estimate of drug-likeness (QED) is 0.564. The van der Waals surface area contributed by atoms with Crippen LogP contribution < -0.4 is 0 Å². The van der Waals surface area contributed by atoms with Gasteiger partial charge in [0.05, 0.1) is 0 Å². The molecule has 2 heteroatoms. The molecule has 0 aromatic heterocycles. The van der Waals surface area contributed by atoms with Gasteiger partial charge < -0.3 is 0 Å². The molecule has 0 aliphatic rings. The Kier molecular flexibility index (Phi) is 3.60. The van der Waals surface area contributed by atoms with E-state index >= 15 is 0 Å². The molecule has 1 radical (unpaired) electrons. The molecule has 0 aromatic carbocycles. The van der Waals surface area contributed by atoms with E-state index in [1.54, 1.807) is 0 Å². The van der Waals surface area contributed by atoms with E-state index in [0.29, 0.717) is 11.1 Å². The van der Waals surface area contributed by atoms with E-state index < -0.39 is 8.32 Å². The Morgan fingerprint density at radius 1 is 1.10 bits per heavy atom. The van der Waals surface area contributed by atoms with Crippen molar-refractivity contribution in [3.8, 4) is 0 Å². The molecule has 61 valence electrons. The van der Waals surface area contributed by atoms with E-state index in [9.17, 15) is 4.80 Å². The SMILES string of the molecule is CC[Si]([O])(C(C)C)C(C)C. The normalized spacial score (nSPS) is 13.2. The van der Waals surface area contributed by atoms with Crippen molar-refractivity contribution in [1.29, 1.82) is 0 Å². The maximum absolute atomic E-state index is 12.0. The molecule has 0 unspecified atom stereocenters. The van der Waals surface area contributed by atoms with Crippen molar-refractivity contribution in [3.05, 3.63) is 0 Å². The summed E-state index contributed by atoms with van der Waals surface area (Å²) in [5.74, 6) is 0. The Balaban J connectivity index is 4.23. The highest BCUT2D eigenvalue weighted by Gasteiger charge is 2.38. The summed E-state index contributed by atoms with van der Waals surface area (Å²) in [5, 5.41) is 0. The molecule has 0 atom stereocenters. The minimum absolute atomic E-state index is 0.387. The van der Waals surface area contributed by atoms with Gasteiger partial charge in [-0.25, -0.2) is 0 Å². The molecule has 0 aromatic rings. The fourth-order valence-corrected chi connectivity index (χ4v) is 4.45. The van der Waals surface area contributed by atoms with Crippen LogP contribution in [0, 0.1) is 0 Å². The lowest BCUT2D eigenvalue weighted by Gasteiger charge is -2.28. The topological polar surface area (TPSA) is 19.9 Å². The Hall–Kier alpha value is 0.177. The van der Waals surface area contributed by atoms with Gasteiger partial charge in [0.2, 0.25) is 8.32 Å². The highest BCUT2D eigenvalue weighted by molar-refractivity contribution is 6.74. The monoisotopic (exact) mass is 159 g/mol. The highest BCUT2D eigenvalue weighted by Crippen LogP contribution is 2.33. The summed E-state index contributed by atoms with van der Waals surface area (Å²) in [5.41, 5.74) is 0.773. The summed E-state index contributed by atoms with van der Waals surface area (Å²) >= 11 is 0. The third kappa shape index (κ3) is 1.83. The number of hydrogen-bond acceptors (Lipinski definition) is 0. The summed E-state index contributed by atoms with van der Waals surface area (Å²) in [4.78, 5) is 12.0. The summed E-state index contributed by atoms with van der Waals surface area (Å²) in [6, 6.07) is 0.877. The largest absolute Gasteiger partial charge is 0.297 e. The van der Waals surface area contributed by atoms with Crippen molar-refractivity contribution in [3.63, 3.8) is 0 Å². The van der Waals surface area contributed by atoms with Crippen LogP contribution in [0.25, 0.3) is 0 Å². The Bertz CT molecular complexity index is 91.4. The zero-order valence-corrected chi connectivity index (χ0v) is 8.77. The fraction of sp³-hybridized carbons (Fsp3) is 1.00. The van der Waals surface area contributed by atoms with E-state index in [4.69, 9.17) is 0 Å². The van der Waals surface area contributed by atoms with Gasteiger partial charge in [0.1, 0.15) is 0 Å². The summed E-state index contributed by atoms with van der Waals surface area (Å²) in [6.45, 7) is 10.3. The molecule has 1 nitrogen and oxygen atoms in total. The maximum atomic E-state index is 12.0. The van der Waals surface area contributed by atoms with E-state index in [0.717, 1.165) is 6.04 Å². The third-order valence-corrected chi connectivity index (χ3v) is 7.52. The van der Waals surface area contributed by atoms with Crippen LogP contribution in [-0.2, 0) is 4.80 Å². The number of rotatable bonds is 3. The van der Waals surface area contributed by atoms with E-state index in [1.165, 1.54) is 0 Å². The Morgan fingerprint density at radius 3 is 1.40 bits per heavy atom. The van der Waals surface area contributed by atoms with Gasteiger partial charge in [0, 0.05) is 0 Å². The third-order valence-electron chi connectivity index (χ3n) is 2.51. The molecule has 0 heterocycles. The predicted molar refractivity (Wildman–Crippen MR) is 47.1 cm³/mol. The standard InChI is InChI=1S/C8H19OSi/c1-6-10(9,7(2)3)8(4)5/h7-8H,6H2,1-5H3. The van der Waals surface area contributed by atoms with Crippen molar-refractivity contribution in [1.82, 2.24) is 0 Å². The van der Waals surface area contributed by atoms with Crippen LogP contribution in [0.5, 0.6) is 0 Å². The van der Waals surface area contributed by atoms with Crippen molar-refractivity contribution >= 4 is 8.32 Å². The van der Waals surface area contributed by atoms with Crippen molar-refractivity contribution in [2.24, 2.45) is 0 Å². The average Bonchev–Trinajstić information content (AvgIpc) is 1.85. The Morgan fingerprint density at radius 2 is 1.40 bits per heavy atom.